The molecule has 0 aliphatic carbocycles. The number of nitro groups is 1. The van der Waals surface area contributed by atoms with Crippen molar-refractivity contribution in [3.63, 3.8) is 0 Å². The summed E-state index contributed by atoms with van der Waals surface area (Å²) in [5, 5.41) is 19.2. The Labute approximate surface area is 98.9 Å². The van der Waals surface area contributed by atoms with Crippen molar-refractivity contribution >= 4 is 5.78 Å². The predicted molar refractivity (Wildman–Crippen MR) is 57.0 cm³/mol. The Kier molecular flexibility index (Phi) is 4.55. The Morgan fingerprint density at radius 3 is 2.65 bits per heavy atom. The van der Waals surface area contributed by atoms with Crippen LogP contribution in [0.3, 0.4) is 0 Å². The predicted octanol–water partition coefficient (Wildman–Crippen LogP) is 0.125. The van der Waals surface area contributed by atoms with Crippen LogP contribution in [0.5, 0.6) is 0 Å². The van der Waals surface area contributed by atoms with Crippen molar-refractivity contribution in [2.24, 2.45) is 0 Å². The van der Waals surface area contributed by atoms with E-state index in [0.29, 0.717) is 0 Å². The van der Waals surface area contributed by atoms with Crippen LogP contribution < -0.4 is 0 Å². The fraction of sp³-hybridized carbons (Fsp3) is 0.900. The Balaban J connectivity index is 2.48. The van der Waals surface area contributed by atoms with Crippen LogP contribution in [0.1, 0.15) is 26.7 Å². The van der Waals surface area contributed by atoms with Crippen molar-refractivity contribution in [2.75, 3.05) is 13.2 Å². The zero-order chi connectivity index (χ0) is 13.1. The molecule has 0 spiro atoms. The number of ether oxygens (including phenoxy) is 2. The van der Waals surface area contributed by atoms with Gasteiger partial charge in [0, 0.05) is 17.8 Å². The number of hydrogen-bond donors (Lipinski definition) is 1. The van der Waals surface area contributed by atoms with Crippen molar-refractivity contribution < 1.29 is 24.3 Å². The number of rotatable bonds is 6. The third-order valence-electron chi connectivity index (χ3n) is 2.44. The smallest absolute Gasteiger partial charge is 0.204 e. The highest BCUT2D eigenvalue weighted by atomic mass is 16.8. The maximum atomic E-state index is 11.7. The van der Waals surface area contributed by atoms with Crippen LogP contribution in [0.25, 0.3) is 0 Å². The summed E-state index contributed by atoms with van der Waals surface area (Å²) < 4.78 is 10.7. The molecule has 2 atom stereocenters. The molecule has 1 N–H and O–H groups in total. The maximum absolute atomic E-state index is 11.7. The number of aliphatic hydroxyl groups is 1. The molecular formula is C10H17NO6. The van der Waals surface area contributed by atoms with Crippen LogP contribution >= 0.6 is 0 Å². The van der Waals surface area contributed by atoms with Gasteiger partial charge < -0.3 is 14.6 Å². The Hall–Kier alpha value is -1.05. The van der Waals surface area contributed by atoms with Crippen molar-refractivity contribution in [3.05, 3.63) is 10.1 Å². The van der Waals surface area contributed by atoms with Gasteiger partial charge in [-0.3, -0.25) is 14.9 Å². The summed E-state index contributed by atoms with van der Waals surface area (Å²) >= 11 is 0. The second-order valence-corrected chi connectivity index (χ2v) is 4.40. The van der Waals surface area contributed by atoms with Crippen LogP contribution in [0.4, 0.5) is 0 Å². The number of ketones is 1. The normalized spacial score (nSPS) is 27.0. The van der Waals surface area contributed by atoms with Crippen LogP contribution in [0.2, 0.25) is 0 Å². The number of Topliss-reactive ketones (excluding diaryl/α,β-unsaturated/α-hetero) is 1. The third-order valence-corrected chi connectivity index (χ3v) is 2.44. The molecular weight excluding hydrogens is 230 g/mol. The zero-order valence-electron chi connectivity index (χ0n) is 9.92. The van der Waals surface area contributed by atoms with Gasteiger partial charge in [-0.2, -0.15) is 0 Å². The van der Waals surface area contributed by atoms with E-state index in [0.717, 1.165) is 0 Å². The van der Waals surface area contributed by atoms with E-state index in [4.69, 9.17) is 14.6 Å². The van der Waals surface area contributed by atoms with Crippen molar-refractivity contribution in [1.29, 1.82) is 0 Å². The molecule has 1 heterocycles. The van der Waals surface area contributed by atoms with Crippen molar-refractivity contribution in [2.45, 2.75) is 44.7 Å². The molecule has 0 aromatic rings. The molecule has 1 fully saturated rings. The monoisotopic (exact) mass is 247 g/mol. The Morgan fingerprint density at radius 2 is 2.12 bits per heavy atom. The molecule has 1 saturated heterocycles. The molecule has 0 bridgehead atoms. The second-order valence-electron chi connectivity index (χ2n) is 4.40. The summed E-state index contributed by atoms with van der Waals surface area (Å²) in [4.78, 5) is 21.4. The average molecular weight is 247 g/mol. The fourth-order valence-corrected chi connectivity index (χ4v) is 1.77. The number of aliphatic hydroxyl groups excluding tert-OH is 1. The van der Waals surface area contributed by atoms with Crippen LogP contribution in [-0.2, 0) is 14.3 Å². The quantitative estimate of drug-likeness (QED) is 0.529. The topological polar surface area (TPSA) is 98.9 Å². The van der Waals surface area contributed by atoms with Crippen LogP contribution in [0.15, 0.2) is 0 Å². The van der Waals surface area contributed by atoms with E-state index < -0.39 is 22.9 Å². The van der Waals surface area contributed by atoms with Gasteiger partial charge in [0.15, 0.2) is 11.6 Å². The summed E-state index contributed by atoms with van der Waals surface area (Å²) in [6, 6.07) is 0. The number of carbonyl (C=O) groups excluding carboxylic acids is 1. The van der Waals surface area contributed by atoms with Gasteiger partial charge in [0.25, 0.3) is 0 Å². The molecule has 0 radical (unpaired) electrons. The molecule has 0 aromatic heterocycles. The number of carbonyl (C=O) groups is 1. The van der Waals surface area contributed by atoms with E-state index in [-0.39, 0.29) is 31.8 Å². The van der Waals surface area contributed by atoms with E-state index in [2.05, 4.69) is 0 Å². The molecule has 7 nitrogen and oxygen atoms in total. The van der Waals surface area contributed by atoms with Crippen LogP contribution in [0, 0.1) is 10.1 Å². The summed E-state index contributed by atoms with van der Waals surface area (Å²) in [7, 11) is 0. The van der Waals surface area contributed by atoms with Gasteiger partial charge in [-0.25, -0.2) is 0 Å². The SMILES string of the molecule is CC1(C)O[C@@H](CO)[C@H](C(=O)CCC[N+](=O)[O-])O1. The first-order valence-corrected chi connectivity index (χ1v) is 5.47. The molecule has 1 aliphatic rings. The minimum atomic E-state index is -0.906. The summed E-state index contributed by atoms with van der Waals surface area (Å²) in [5.41, 5.74) is 0. The number of hydrogen-bond acceptors (Lipinski definition) is 6. The summed E-state index contributed by atoms with van der Waals surface area (Å²) in [6.45, 7) is 2.75. The first-order chi connectivity index (χ1) is 7.85. The molecule has 1 aliphatic heterocycles. The fourth-order valence-electron chi connectivity index (χ4n) is 1.77. The van der Waals surface area contributed by atoms with Gasteiger partial charge >= 0.3 is 0 Å². The lowest BCUT2D eigenvalue weighted by Crippen LogP contribution is -2.34. The lowest BCUT2D eigenvalue weighted by molar-refractivity contribution is -0.480. The molecule has 0 unspecified atom stereocenters. The van der Waals surface area contributed by atoms with Crippen molar-refractivity contribution in [1.82, 2.24) is 0 Å². The van der Waals surface area contributed by atoms with E-state index in [1.807, 2.05) is 0 Å². The van der Waals surface area contributed by atoms with E-state index in [1.54, 1.807) is 13.8 Å². The first-order valence-electron chi connectivity index (χ1n) is 5.47. The summed E-state index contributed by atoms with van der Waals surface area (Å²) in [5.74, 6) is -1.17. The third kappa shape index (κ3) is 4.03. The van der Waals surface area contributed by atoms with Gasteiger partial charge in [-0.15, -0.1) is 0 Å². The van der Waals surface area contributed by atoms with Gasteiger partial charge in [0.1, 0.15) is 12.2 Å². The van der Waals surface area contributed by atoms with Gasteiger partial charge in [0.2, 0.25) is 6.54 Å². The second kappa shape index (κ2) is 5.52. The molecule has 98 valence electrons. The van der Waals surface area contributed by atoms with Crippen molar-refractivity contribution in [3.8, 4) is 0 Å². The maximum Gasteiger partial charge on any atom is 0.204 e. The standard InChI is InChI=1S/C10H17NO6/c1-10(2)16-8(6-12)9(17-10)7(13)4-3-5-11(14)15/h8-9,12H,3-6H2,1-2H3/t8-,9-/m0/s1. The molecule has 7 heteroatoms. The summed E-state index contributed by atoms with van der Waals surface area (Å²) in [6.07, 6.45) is -1.29. The molecule has 0 saturated carbocycles. The Bertz CT molecular complexity index is 303. The van der Waals surface area contributed by atoms with Gasteiger partial charge in [-0.1, -0.05) is 0 Å². The molecule has 1 rings (SSSR count). The minimum Gasteiger partial charge on any atom is -0.394 e. The van der Waals surface area contributed by atoms with Gasteiger partial charge in [0.05, 0.1) is 6.61 Å². The molecule has 17 heavy (non-hydrogen) atoms. The average Bonchev–Trinajstić information content (AvgIpc) is 2.53. The Morgan fingerprint density at radius 1 is 1.47 bits per heavy atom. The zero-order valence-corrected chi connectivity index (χ0v) is 9.92. The van der Waals surface area contributed by atoms with Gasteiger partial charge in [-0.05, 0) is 13.8 Å². The highest BCUT2D eigenvalue weighted by Gasteiger charge is 2.44. The minimum absolute atomic E-state index is 0.0571. The number of nitrogens with zero attached hydrogens (tertiary/aromatic N) is 1. The highest BCUT2D eigenvalue weighted by Crippen LogP contribution is 2.29. The van der Waals surface area contributed by atoms with E-state index >= 15 is 0 Å². The van der Waals surface area contributed by atoms with E-state index in [1.165, 1.54) is 0 Å². The van der Waals surface area contributed by atoms with Crippen LogP contribution in [-0.4, -0.2) is 47.0 Å². The molecule has 0 aromatic carbocycles. The first kappa shape index (κ1) is 14.0. The largest absolute Gasteiger partial charge is 0.394 e. The molecule has 0 amide bonds. The lowest BCUT2D eigenvalue weighted by Gasteiger charge is -2.16. The highest BCUT2D eigenvalue weighted by molar-refractivity contribution is 5.84. The lowest BCUT2D eigenvalue weighted by atomic mass is 10.1. The van der Waals surface area contributed by atoms with E-state index in [9.17, 15) is 14.9 Å².